The van der Waals surface area contributed by atoms with E-state index < -0.39 is 11.4 Å². The van der Waals surface area contributed by atoms with Crippen molar-refractivity contribution in [2.75, 3.05) is 7.11 Å². The third-order valence-electron chi connectivity index (χ3n) is 3.13. The van der Waals surface area contributed by atoms with Crippen LogP contribution in [0.1, 0.15) is 30.5 Å². The molecule has 0 heterocycles. The van der Waals surface area contributed by atoms with Crippen LogP contribution in [0.5, 0.6) is 5.75 Å². The Hall–Kier alpha value is -1.03. The number of methoxy groups -OCH3 is 1. The lowest BCUT2D eigenvalue weighted by Gasteiger charge is -2.23. The molecule has 1 rings (SSSR count). The molecule has 0 aliphatic carbocycles. The van der Waals surface area contributed by atoms with Gasteiger partial charge in [0.05, 0.1) is 17.0 Å². The summed E-state index contributed by atoms with van der Waals surface area (Å²) in [6.45, 7) is 7.42. The molecule has 1 aromatic rings. The standard InChI is InChI=1S/C14H19BrO3/c1-8-6-9(2)11(15)12(18-5)10(8)7-14(3,4)13(16)17/h6H,7H2,1-5H3,(H,16,17). The van der Waals surface area contributed by atoms with Gasteiger partial charge in [-0.25, -0.2) is 0 Å². The number of halogens is 1. The lowest BCUT2D eigenvalue weighted by molar-refractivity contribution is -0.146. The van der Waals surface area contributed by atoms with Crippen LogP contribution in [-0.2, 0) is 11.2 Å². The molecule has 0 unspecified atom stereocenters. The van der Waals surface area contributed by atoms with Gasteiger partial charge in [0.2, 0.25) is 0 Å². The van der Waals surface area contributed by atoms with Gasteiger partial charge >= 0.3 is 5.97 Å². The highest BCUT2D eigenvalue weighted by molar-refractivity contribution is 9.10. The molecule has 0 aromatic heterocycles. The smallest absolute Gasteiger partial charge is 0.309 e. The number of rotatable bonds is 4. The third-order valence-corrected chi connectivity index (χ3v) is 4.12. The van der Waals surface area contributed by atoms with E-state index in [-0.39, 0.29) is 0 Å². The van der Waals surface area contributed by atoms with Crippen molar-refractivity contribution in [2.24, 2.45) is 5.41 Å². The summed E-state index contributed by atoms with van der Waals surface area (Å²) < 4.78 is 6.32. The second-order valence-electron chi connectivity index (χ2n) is 5.20. The Balaban J connectivity index is 3.33. The minimum absolute atomic E-state index is 0.441. The fraction of sp³-hybridized carbons (Fsp3) is 0.500. The van der Waals surface area contributed by atoms with E-state index in [0.29, 0.717) is 6.42 Å². The van der Waals surface area contributed by atoms with Crippen LogP contribution in [-0.4, -0.2) is 18.2 Å². The van der Waals surface area contributed by atoms with E-state index in [4.69, 9.17) is 4.74 Å². The van der Waals surface area contributed by atoms with Gasteiger partial charge in [-0.1, -0.05) is 6.07 Å². The van der Waals surface area contributed by atoms with E-state index >= 15 is 0 Å². The van der Waals surface area contributed by atoms with Gasteiger partial charge in [0.1, 0.15) is 5.75 Å². The van der Waals surface area contributed by atoms with Crippen molar-refractivity contribution < 1.29 is 14.6 Å². The van der Waals surface area contributed by atoms with Crippen molar-refractivity contribution in [2.45, 2.75) is 34.1 Å². The molecule has 0 fully saturated rings. The van der Waals surface area contributed by atoms with Gasteiger partial charge in [-0.05, 0) is 66.7 Å². The summed E-state index contributed by atoms with van der Waals surface area (Å²) in [7, 11) is 1.61. The van der Waals surface area contributed by atoms with Crippen molar-refractivity contribution in [1.82, 2.24) is 0 Å². The number of aliphatic carboxylic acids is 1. The first kappa shape index (κ1) is 15.0. The average Bonchev–Trinajstić information content (AvgIpc) is 2.26. The number of carboxylic acids is 1. The summed E-state index contributed by atoms with van der Waals surface area (Å²) in [5.74, 6) is -0.0672. The molecule has 0 saturated carbocycles. The van der Waals surface area contributed by atoms with Crippen LogP contribution in [0.3, 0.4) is 0 Å². The van der Waals surface area contributed by atoms with Crippen molar-refractivity contribution in [1.29, 1.82) is 0 Å². The summed E-state index contributed by atoms with van der Waals surface area (Å²) in [5, 5.41) is 9.23. The molecule has 0 radical (unpaired) electrons. The Morgan fingerprint density at radius 1 is 1.39 bits per heavy atom. The maximum atomic E-state index is 11.2. The Kier molecular flexibility index (Phi) is 4.43. The molecular weight excluding hydrogens is 296 g/mol. The van der Waals surface area contributed by atoms with E-state index in [1.165, 1.54) is 0 Å². The first-order valence-electron chi connectivity index (χ1n) is 5.76. The molecule has 0 atom stereocenters. The molecule has 4 heteroatoms. The Morgan fingerprint density at radius 2 is 1.94 bits per heavy atom. The number of hydrogen-bond donors (Lipinski definition) is 1. The Morgan fingerprint density at radius 3 is 2.39 bits per heavy atom. The molecule has 1 N–H and O–H groups in total. The summed E-state index contributed by atoms with van der Waals surface area (Å²) >= 11 is 3.50. The van der Waals surface area contributed by atoms with E-state index in [2.05, 4.69) is 15.9 Å². The van der Waals surface area contributed by atoms with Crippen LogP contribution in [0.25, 0.3) is 0 Å². The van der Waals surface area contributed by atoms with E-state index in [9.17, 15) is 9.90 Å². The molecule has 0 amide bonds. The van der Waals surface area contributed by atoms with Crippen molar-refractivity contribution in [3.8, 4) is 5.75 Å². The SMILES string of the molecule is COc1c(Br)c(C)cc(C)c1CC(C)(C)C(=O)O. The summed E-state index contributed by atoms with van der Waals surface area (Å²) in [6, 6.07) is 2.04. The Bertz CT molecular complexity index is 478. The molecule has 0 aliphatic rings. The monoisotopic (exact) mass is 314 g/mol. The molecule has 3 nitrogen and oxygen atoms in total. The lowest BCUT2D eigenvalue weighted by atomic mass is 9.83. The van der Waals surface area contributed by atoms with Crippen LogP contribution in [0.2, 0.25) is 0 Å². The minimum atomic E-state index is -0.813. The van der Waals surface area contributed by atoms with Gasteiger partial charge in [0, 0.05) is 0 Å². The molecule has 0 spiro atoms. The number of benzene rings is 1. The highest BCUT2D eigenvalue weighted by Crippen LogP contribution is 2.38. The number of carbonyl (C=O) groups is 1. The predicted molar refractivity (Wildman–Crippen MR) is 75.3 cm³/mol. The van der Waals surface area contributed by atoms with Crippen molar-refractivity contribution >= 4 is 21.9 Å². The summed E-state index contributed by atoms with van der Waals surface area (Å²) in [6.07, 6.45) is 0.441. The lowest BCUT2D eigenvalue weighted by Crippen LogP contribution is -2.26. The van der Waals surface area contributed by atoms with Gasteiger partial charge in [0.15, 0.2) is 0 Å². The van der Waals surface area contributed by atoms with Crippen LogP contribution in [0, 0.1) is 19.3 Å². The van der Waals surface area contributed by atoms with Gasteiger partial charge in [-0.3, -0.25) is 4.79 Å². The quantitative estimate of drug-likeness (QED) is 0.921. The summed E-state index contributed by atoms with van der Waals surface area (Å²) in [5.41, 5.74) is 2.28. The second-order valence-corrected chi connectivity index (χ2v) is 5.99. The van der Waals surface area contributed by atoms with Crippen LogP contribution >= 0.6 is 15.9 Å². The maximum absolute atomic E-state index is 11.2. The fourth-order valence-electron chi connectivity index (χ4n) is 1.92. The zero-order valence-electron chi connectivity index (χ0n) is 11.4. The molecule has 0 bridgehead atoms. The highest BCUT2D eigenvalue weighted by atomic mass is 79.9. The van der Waals surface area contributed by atoms with Gasteiger partial charge in [0.25, 0.3) is 0 Å². The Labute approximate surface area is 116 Å². The molecule has 1 aromatic carbocycles. The zero-order chi connectivity index (χ0) is 14.1. The van der Waals surface area contributed by atoms with Crippen LogP contribution < -0.4 is 4.74 Å². The fourth-order valence-corrected chi connectivity index (χ4v) is 2.43. The van der Waals surface area contributed by atoms with Gasteiger partial charge < -0.3 is 9.84 Å². The maximum Gasteiger partial charge on any atom is 0.309 e. The van der Waals surface area contributed by atoms with Crippen LogP contribution in [0.15, 0.2) is 10.5 Å². The highest BCUT2D eigenvalue weighted by Gasteiger charge is 2.30. The topological polar surface area (TPSA) is 46.5 Å². The zero-order valence-corrected chi connectivity index (χ0v) is 13.0. The van der Waals surface area contributed by atoms with Crippen LogP contribution in [0.4, 0.5) is 0 Å². The van der Waals surface area contributed by atoms with Gasteiger partial charge in [-0.2, -0.15) is 0 Å². The first-order chi connectivity index (χ1) is 8.20. The first-order valence-corrected chi connectivity index (χ1v) is 6.56. The minimum Gasteiger partial charge on any atom is -0.495 e. The van der Waals surface area contributed by atoms with E-state index in [0.717, 1.165) is 26.9 Å². The van der Waals surface area contributed by atoms with E-state index in [1.807, 2.05) is 19.9 Å². The second kappa shape index (κ2) is 5.31. The molecule has 0 aliphatic heterocycles. The number of aryl methyl sites for hydroxylation is 2. The molecule has 0 saturated heterocycles. The van der Waals surface area contributed by atoms with Crippen molar-refractivity contribution in [3.05, 3.63) is 27.2 Å². The van der Waals surface area contributed by atoms with E-state index in [1.54, 1.807) is 21.0 Å². The number of hydrogen-bond acceptors (Lipinski definition) is 2. The normalized spacial score (nSPS) is 11.4. The number of carboxylic acid groups (broad SMARTS) is 1. The third kappa shape index (κ3) is 2.86. The predicted octanol–water partition coefficient (Wildman–Crippen LogP) is 3.73. The summed E-state index contributed by atoms with van der Waals surface area (Å²) in [4.78, 5) is 11.2. The average molecular weight is 315 g/mol. The van der Waals surface area contributed by atoms with Crippen molar-refractivity contribution in [3.63, 3.8) is 0 Å². The molecule has 18 heavy (non-hydrogen) atoms. The number of ether oxygens (including phenoxy) is 1. The molecule has 100 valence electrons. The molecular formula is C14H19BrO3. The largest absolute Gasteiger partial charge is 0.495 e. The van der Waals surface area contributed by atoms with Gasteiger partial charge in [-0.15, -0.1) is 0 Å².